The standard InChI is InChI=1S/C22H29N3O3/c1-16-20(23-21(28-16)17-5-7-19(27-2)8-6-17)15-24-13-9-18(10-14-24)22(26)25-11-3-4-12-25/h5-8,18H,3-4,9-15H2,1-2H3. The van der Waals surface area contributed by atoms with Crippen molar-refractivity contribution < 1.29 is 13.9 Å². The molecule has 1 amide bonds. The number of carbonyl (C=O) groups is 1. The van der Waals surface area contributed by atoms with Crippen LogP contribution in [0.3, 0.4) is 0 Å². The number of benzene rings is 1. The van der Waals surface area contributed by atoms with Crippen LogP contribution in [0.1, 0.15) is 37.1 Å². The SMILES string of the molecule is COc1ccc(-c2nc(CN3CCC(C(=O)N4CCCC4)CC3)c(C)o2)cc1. The fourth-order valence-electron chi connectivity index (χ4n) is 4.18. The van der Waals surface area contributed by atoms with Gasteiger partial charge in [0.2, 0.25) is 11.8 Å². The molecule has 4 rings (SSSR count). The molecule has 0 spiro atoms. The molecule has 0 bridgehead atoms. The zero-order valence-corrected chi connectivity index (χ0v) is 16.8. The number of hydrogen-bond acceptors (Lipinski definition) is 5. The normalized spacial score (nSPS) is 18.6. The number of oxazole rings is 1. The van der Waals surface area contributed by atoms with E-state index in [4.69, 9.17) is 14.1 Å². The predicted octanol–water partition coefficient (Wildman–Crippen LogP) is 3.49. The summed E-state index contributed by atoms with van der Waals surface area (Å²) in [5, 5.41) is 0. The van der Waals surface area contributed by atoms with E-state index in [-0.39, 0.29) is 5.92 Å². The number of hydrogen-bond donors (Lipinski definition) is 0. The minimum atomic E-state index is 0.197. The second-order valence-corrected chi connectivity index (χ2v) is 7.83. The molecule has 28 heavy (non-hydrogen) atoms. The third-order valence-electron chi connectivity index (χ3n) is 5.96. The monoisotopic (exact) mass is 383 g/mol. The second-order valence-electron chi connectivity index (χ2n) is 7.83. The van der Waals surface area contributed by atoms with Crippen molar-refractivity contribution in [1.82, 2.24) is 14.8 Å². The Bertz CT molecular complexity index is 801. The molecule has 3 heterocycles. The molecular weight excluding hydrogens is 354 g/mol. The second kappa shape index (κ2) is 8.35. The van der Waals surface area contributed by atoms with Gasteiger partial charge in [-0.1, -0.05) is 0 Å². The summed E-state index contributed by atoms with van der Waals surface area (Å²) < 4.78 is 11.1. The van der Waals surface area contributed by atoms with Crippen LogP contribution in [-0.2, 0) is 11.3 Å². The third-order valence-corrected chi connectivity index (χ3v) is 5.96. The number of piperidine rings is 1. The number of carbonyl (C=O) groups excluding carboxylic acids is 1. The minimum Gasteiger partial charge on any atom is -0.497 e. The van der Waals surface area contributed by atoms with Crippen LogP contribution in [0.15, 0.2) is 28.7 Å². The van der Waals surface area contributed by atoms with E-state index in [0.717, 1.165) is 81.2 Å². The van der Waals surface area contributed by atoms with Gasteiger partial charge >= 0.3 is 0 Å². The molecule has 1 aromatic carbocycles. The molecule has 2 fully saturated rings. The van der Waals surface area contributed by atoms with Gasteiger partial charge in [0.25, 0.3) is 0 Å². The maximum atomic E-state index is 12.6. The van der Waals surface area contributed by atoms with Gasteiger partial charge < -0.3 is 14.1 Å². The third kappa shape index (κ3) is 4.07. The van der Waals surface area contributed by atoms with Crippen molar-refractivity contribution >= 4 is 5.91 Å². The van der Waals surface area contributed by atoms with Crippen molar-refractivity contribution in [2.24, 2.45) is 5.92 Å². The van der Waals surface area contributed by atoms with Gasteiger partial charge in [-0.05, 0) is 70.0 Å². The molecule has 2 aliphatic heterocycles. The first-order chi connectivity index (χ1) is 13.6. The van der Waals surface area contributed by atoms with E-state index in [0.29, 0.717) is 11.8 Å². The molecule has 0 N–H and O–H groups in total. The van der Waals surface area contributed by atoms with Gasteiger partial charge in [-0.25, -0.2) is 4.98 Å². The summed E-state index contributed by atoms with van der Waals surface area (Å²) in [6.07, 6.45) is 4.20. The molecule has 0 unspecified atom stereocenters. The molecule has 0 radical (unpaired) electrons. The Morgan fingerprint density at radius 3 is 2.46 bits per heavy atom. The Kier molecular flexibility index (Phi) is 5.67. The number of likely N-dealkylation sites (tertiary alicyclic amines) is 2. The molecule has 6 heteroatoms. The fourth-order valence-corrected chi connectivity index (χ4v) is 4.18. The van der Waals surface area contributed by atoms with Gasteiger partial charge in [0, 0.05) is 31.1 Å². The summed E-state index contributed by atoms with van der Waals surface area (Å²) in [7, 11) is 1.66. The van der Waals surface area contributed by atoms with E-state index in [2.05, 4.69) is 9.80 Å². The Morgan fingerprint density at radius 2 is 1.82 bits per heavy atom. The Hall–Kier alpha value is -2.34. The van der Waals surface area contributed by atoms with Crippen LogP contribution < -0.4 is 4.74 Å². The molecular formula is C22H29N3O3. The zero-order chi connectivity index (χ0) is 19.5. The summed E-state index contributed by atoms with van der Waals surface area (Å²) in [4.78, 5) is 21.8. The van der Waals surface area contributed by atoms with Crippen molar-refractivity contribution in [3.05, 3.63) is 35.7 Å². The van der Waals surface area contributed by atoms with E-state index in [1.54, 1.807) is 7.11 Å². The lowest BCUT2D eigenvalue weighted by Gasteiger charge is -2.32. The first-order valence-electron chi connectivity index (χ1n) is 10.3. The highest BCUT2D eigenvalue weighted by molar-refractivity contribution is 5.79. The van der Waals surface area contributed by atoms with Crippen LogP contribution in [0.25, 0.3) is 11.5 Å². The van der Waals surface area contributed by atoms with E-state index in [1.165, 1.54) is 0 Å². The molecule has 2 saturated heterocycles. The highest BCUT2D eigenvalue weighted by atomic mass is 16.5. The number of nitrogens with zero attached hydrogens (tertiary/aromatic N) is 3. The summed E-state index contributed by atoms with van der Waals surface area (Å²) in [5.41, 5.74) is 1.93. The summed E-state index contributed by atoms with van der Waals surface area (Å²) in [5.74, 6) is 2.90. The number of ether oxygens (including phenoxy) is 1. The zero-order valence-electron chi connectivity index (χ0n) is 16.8. The average molecular weight is 383 g/mol. The summed E-state index contributed by atoms with van der Waals surface area (Å²) in [6, 6.07) is 7.75. The molecule has 0 aliphatic carbocycles. The van der Waals surface area contributed by atoms with E-state index < -0.39 is 0 Å². The molecule has 2 aromatic rings. The van der Waals surface area contributed by atoms with Gasteiger partial charge in [0.15, 0.2) is 0 Å². The number of aryl methyl sites for hydroxylation is 1. The number of methoxy groups -OCH3 is 1. The average Bonchev–Trinajstić information content (AvgIpc) is 3.39. The quantitative estimate of drug-likeness (QED) is 0.791. The topological polar surface area (TPSA) is 58.8 Å². The first kappa shape index (κ1) is 19.0. The van der Waals surface area contributed by atoms with Crippen molar-refractivity contribution in [2.75, 3.05) is 33.3 Å². The predicted molar refractivity (Wildman–Crippen MR) is 107 cm³/mol. The van der Waals surface area contributed by atoms with Gasteiger partial charge in [-0.3, -0.25) is 9.69 Å². The highest BCUT2D eigenvalue weighted by Gasteiger charge is 2.30. The smallest absolute Gasteiger partial charge is 0.226 e. The summed E-state index contributed by atoms with van der Waals surface area (Å²) >= 11 is 0. The lowest BCUT2D eigenvalue weighted by atomic mass is 9.95. The Labute approximate surface area is 166 Å². The molecule has 6 nitrogen and oxygen atoms in total. The number of amides is 1. The number of rotatable bonds is 5. The van der Waals surface area contributed by atoms with Crippen LogP contribution in [0.2, 0.25) is 0 Å². The van der Waals surface area contributed by atoms with Gasteiger partial charge in [-0.2, -0.15) is 0 Å². The van der Waals surface area contributed by atoms with Gasteiger partial charge in [0.05, 0.1) is 12.8 Å². The van der Waals surface area contributed by atoms with Crippen LogP contribution in [0, 0.1) is 12.8 Å². The maximum Gasteiger partial charge on any atom is 0.226 e. The van der Waals surface area contributed by atoms with Crippen LogP contribution >= 0.6 is 0 Å². The fraction of sp³-hybridized carbons (Fsp3) is 0.545. The highest BCUT2D eigenvalue weighted by Crippen LogP contribution is 2.27. The lowest BCUT2D eigenvalue weighted by molar-refractivity contribution is -0.136. The molecule has 2 aliphatic rings. The maximum absolute atomic E-state index is 12.6. The summed E-state index contributed by atoms with van der Waals surface area (Å²) in [6.45, 7) is 6.52. The number of aromatic nitrogens is 1. The van der Waals surface area contributed by atoms with E-state index >= 15 is 0 Å². The van der Waals surface area contributed by atoms with Crippen LogP contribution in [0.4, 0.5) is 0 Å². The molecule has 1 aromatic heterocycles. The molecule has 0 atom stereocenters. The Morgan fingerprint density at radius 1 is 1.14 bits per heavy atom. The first-order valence-corrected chi connectivity index (χ1v) is 10.3. The van der Waals surface area contributed by atoms with Gasteiger partial charge in [-0.15, -0.1) is 0 Å². The van der Waals surface area contributed by atoms with E-state index in [9.17, 15) is 4.79 Å². The molecule has 0 saturated carbocycles. The van der Waals surface area contributed by atoms with Crippen molar-refractivity contribution in [3.63, 3.8) is 0 Å². The van der Waals surface area contributed by atoms with Crippen LogP contribution in [0.5, 0.6) is 5.75 Å². The van der Waals surface area contributed by atoms with Crippen LogP contribution in [-0.4, -0.2) is 54.0 Å². The van der Waals surface area contributed by atoms with Crippen molar-refractivity contribution in [2.45, 2.75) is 39.2 Å². The van der Waals surface area contributed by atoms with E-state index in [1.807, 2.05) is 31.2 Å². The van der Waals surface area contributed by atoms with Gasteiger partial charge in [0.1, 0.15) is 11.5 Å². The largest absolute Gasteiger partial charge is 0.497 e. The lowest BCUT2D eigenvalue weighted by Crippen LogP contribution is -2.41. The molecule has 150 valence electrons. The van der Waals surface area contributed by atoms with Crippen molar-refractivity contribution in [1.29, 1.82) is 0 Å². The van der Waals surface area contributed by atoms with Crippen molar-refractivity contribution in [3.8, 4) is 17.2 Å². The Balaban J connectivity index is 1.35. The minimum absolute atomic E-state index is 0.197.